The third kappa shape index (κ3) is 1.76. The van der Waals surface area contributed by atoms with Crippen LogP contribution in [-0.4, -0.2) is 25.0 Å². The van der Waals surface area contributed by atoms with Gasteiger partial charge in [0.05, 0.1) is 25.3 Å². The fraction of sp³-hybridized carbons (Fsp3) is 0.900. The lowest BCUT2D eigenvalue weighted by Gasteiger charge is -2.35. The van der Waals surface area contributed by atoms with Crippen LogP contribution in [0, 0.1) is 17.2 Å². The van der Waals surface area contributed by atoms with Gasteiger partial charge in [-0.1, -0.05) is 0 Å². The Morgan fingerprint density at radius 1 is 1.29 bits per heavy atom. The lowest BCUT2D eigenvalue weighted by Crippen LogP contribution is -2.40. The van der Waals surface area contributed by atoms with Gasteiger partial charge in [-0.25, -0.2) is 0 Å². The second-order valence-electron chi connectivity index (χ2n) is 4.10. The van der Waals surface area contributed by atoms with E-state index in [1.54, 1.807) is 0 Å². The zero-order chi connectivity index (χ0) is 10.0. The molecule has 1 aliphatic heterocycles. The highest BCUT2D eigenvalue weighted by Crippen LogP contribution is 2.38. The van der Waals surface area contributed by atoms with E-state index in [-0.39, 0.29) is 11.8 Å². The molecule has 1 saturated carbocycles. The Morgan fingerprint density at radius 2 is 1.86 bits per heavy atom. The molecule has 1 spiro atoms. The van der Waals surface area contributed by atoms with Crippen molar-refractivity contribution >= 4 is 0 Å². The molecule has 4 nitrogen and oxygen atoms in total. The van der Waals surface area contributed by atoms with Crippen molar-refractivity contribution in [2.24, 2.45) is 11.7 Å². The summed E-state index contributed by atoms with van der Waals surface area (Å²) in [5.41, 5.74) is 5.69. The Morgan fingerprint density at radius 3 is 2.36 bits per heavy atom. The SMILES string of the molecule is N#CC(N)C1CCC2(CC1)OCCO2. The topological polar surface area (TPSA) is 68.3 Å². The maximum absolute atomic E-state index is 8.71. The molecule has 2 rings (SSSR count). The highest BCUT2D eigenvalue weighted by atomic mass is 16.7. The number of ether oxygens (including phenoxy) is 2. The molecule has 1 heterocycles. The summed E-state index contributed by atoms with van der Waals surface area (Å²) < 4.78 is 11.2. The molecule has 0 amide bonds. The smallest absolute Gasteiger partial charge is 0.168 e. The van der Waals surface area contributed by atoms with Crippen LogP contribution in [0.2, 0.25) is 0 Å². The van der Waals surface area contributed by atoms with E-state index in [0.717, 1.165) is 25.7 Å². The van der Waals surface area contributed by atoms with Crippen LogP contribution in [0.3, 0.4) is 0 Å². The maximum atomic E-state index is 8.71. The highest BCUT2D eigenvalue weighted by Gasteiger charge is 2.41. The van der Waals surface area contributed by atoms with Crippen LogP contribution in [0.4, 0.5) is 0 Å². The number of hydrogen-bond acceptors (Lipinski definition) is 4. The third-order valence-electron chi connectivity index (χ3n) is 3.26. The number of rotatable bonds is 1. The van der Waals surface area contributed by atoms with Crippen molar-refractivity contribution in [2.45, 2.75) is 37.5 Å². The molecule has 1 saturated heterocycles. The van der Waals surface area contributed by atoms with Crippen LogP contribution in [0.15, 0.2) is 0 Å². The number of hydrogen-bond donors (Lipinski definition) is 1. The van der Waals surface area contributed by atoms with Crippen molar-refractivity contribution in [3.05, 3.63) is 0 Å². The molecule has 4 heteroatoms. The van der Waals surface area contributed by atoms with Crippen LogP contribution in [-0.2, 0) is 9.47 Å². The van der Waals surface area contributed by atoms with Gasteiger partial charge in [-0.15, -0.1) is 0 Å². The minimum atomic E-state index is -0.328. The summed E-state index contributed by atoms with van der Waals surface area (Å²) in [6.07, 6.45) is 3.64. The summed E-state index contributed by atoms with van der Waals surface area (Å²) in [6.45, 7) is 1.41. The van der Waals surface area contributed by atoms with Crippen molar-refractivity contribution in [3.63, 3.8) is 0 Å². The Bertz CT molecular complexity index is 233. The summed E-state index contributed by atoms with van der Waals surface area (Å²) in [5, 5.41) is 8.71. The van der Waals surface area contributed by atoms with Crippen LogP contribution >= 0.6 is 0 Å². The second kappa shape index (κ2) is 3.85. The first-order chi connectivity index (χ1) is 6.76. The van der Waals surface area contributed by atoms with Gasteiger partial charge in [0.25, 0.3) is 0 Å². The van der Waals surface area contributed by atoms with E-state index in [1.807, 2.05) is 0 Å². The van der Waals surface area contributed by atoms with E-state index in [2.05, 4.69) is 6.07 Å². The van der Waals surface area contributed by atoms with Crippen LogP contribution in [0.5, 0.6) is 0 Å². The fourth-order valence-corrected chi connectivity index (χ4v) is 2.33. The zero-order valence-electron chi connectivity index (χ0n) is 8.24. The molecular formula is C10H16N2O2. The Kier molecular flexibility index (Phi) is 2.73. The molecule has 0 radical (unpaired) electrons. The van der Waals surface area contributed by atoms with Gasteiger partial charge < -0.3 is 15.2 Å². The van der Waals surface area contributed by atoms with Gasteiger partial charge in [0.15, 0.2) is 5.79 Å². The molecule has 1 atom stereocenters. The van der Waals surface area contributed by atoms with E-state index in [4.69, 9.17) is 20.5 Å². The molecule has 0 bridgehead atoms. The molecule has 0 aromatic rings. The number of nitrogens with two attached hydrogens (primary N) is 1. The maximum Gasteiger partial charge on any atom is 0.168 e. The minimum absolute atomic E-state index is 0.318. The summed E-state index contributed by atoms with van der Waals surface area (Å²) in [5.74, 6) is -0.00972. The first-order valence-corrected chi connectivity index (χ1v) is 5.19. The van der Waals surface area contributed by atoms with Gasteiger partial charge >= 0.3 is 0 Å². The lowest BCUT2D eigenvalue weighted by molar-refractivity contribution is -0.182. The second-order valence-corrected chi connectivity index (χ2v) is 4.10. The average molecular weight is 196 g/mol. The molecule has 78 valence electrons. The van der Waals surface area contributed by atoms with Gasteiger partial charge in [-0.05, 0) is 18.8 Å². The van der Waals surface area contributed by atoms with Crippen molar-refractivity contribution in [1.29, 1.82) is 5.26 Å². The average Bonchev–Trinajstić information content (AvgIpc) is 2.67. The van der Waals surface area contributed by atoms with E-state index >= 15 is 0 Å². The Hall–Kier alpha value is -0.630. The lowest BCUT2D eigenvalue weighted by atomic mass is 9.81. The van der Waals surface area contributed by atoms with Crippen LogP contribution < -0.4 is 5.73 Å². The number of nitriles is 1. The van der Waals surface area contributed by atoms with Crippen molar-refractivity contribution in [2.75, 3.05) is 13.2 Å². The van der Waals surface area contributed by atoms with Crippen LogP contribution in [0.25, 0.3) is 0 Å². The first kappa shape index (κ1) is 9.91. The molecule has 0 aromatic carbocycles. The van der Waals surface area contributed by atoms with E-state index in [0.29, 0.717) is 19.1 Å². The molecular weight excluding hydrogens is 180 g/mol. The van der Waals surface area contributed by atoms with Gasteiger partial charge in [0, 0.05) is 12.8 Å². The molecule has 14 heavy (non-hydrogen) atoms. The molecule has 2 fully saturated rings. The predicted octanol–water partition coefficient (Wildman–Crippen LogP) is 0.771. The van der Waals surface area contributed by atoms with Crippen molar-refractivity contribution < 1.29 is 9.47 Å². The molecule has 0 aromatic heterocycles. The largest absolute Gasteiger partial charge is 0.348 e. The Labute approximate surface area is 84.0 Å². The molecule has 2 aliphatic rings. The fourth-order valence-electron chi connectivity index (χ4n) is 2.33. The van der Waals surface area contributed by atoms with Crippen LogP contribution in [0.1, 0.15) is 25.7 Å². The van der Waals surface area contributed by atoms with Crippen molar-refractivity contribution in [3.8, 4) is 6.07 Å². The van der Waals surface area contributed by atoms with E-state index in [9.17, 15) is 0 Å². The zero-order valence-corrected chi connectivity index (χ0v) is 8.24. The van der Waals surface area contributed by atoms with Gasteiger partial charge in [-0.3, -0.25) is 0 Å². The minimum Gasteiger partial charge on any atom is -0.348 e. The Balaban J connectivity index is 1.89. The standard InChI is InChI=1S/C10H16N2O2/c11-7-9(12)8-1-3-10(4-2-8)13-5-6-14-10/h8-9H,1-6,12H2. The monoisotopic (exact) mass is 196 g/mol. The summed E-state index contributed by atoms with van der Waals surface area (Å²) in [7, 11) is 0. The predicted molar refractivity (Wildman–Crippen MR) is 50.2 cm³/mol. The van der Waals surface area contributed by atoms with Gasteiger partial charge in [0.2, 0.25) is 0 Å². The molecule has 1 aliphatic carbocycles. The quantitative estimate of drug-likeness (QED) is 0.672. The van der Waals surface area contributed by atoms with E-state index < -0.39 is 0 Å². The van der Waals surface area contributed by atoms with Gasteiger partial charge in [0.1, 0.15) is 0 Å². The van der Waals surface area contributed by atoms with Gasteiger partial charge in [-0.2, -0.15) is 5.26 Å². The molecule has 2 N–H and O–H groups in total. The third-order valence-corrected chi connectivity index (χ3v) is 3.26. The first-order valence-electron chi connectivity index (χ1n) is 5.19. The van der Waals surface area contributed by atoms with Crippen molar-refractivity contribution in [1.82, 2.24) is 0 Å². The normalized spacial score (nSPS) is 28.9. The summed E-state index contributed by atoms with van der Waals surface area (Å²) >= 11 is 0. The highest BCUT2D eigenvalue weighted by molar-refractivity contribution is 4.95. The summed E-state index contributed by atoms with van der Waals surface area (Å²) in [6, 6.07) is 1.78. The molecule has 1 unspecified atom stereocenters. The summed E-state index contributed by atoms with van der Waals surface area (Å²) in [4.78, 5) is 0. The van der Waals surface area contributed by atoms with E-state index in [1.165, 1.54) is 0 Å². The number of nitrogens with zero attached hydrogens (tertiary/aromatic N) is 1.